The Morgan fingerprint density at radius 2 is 1.70 bits per heavy atom. The average Bonchev–Trinajstić information content (AvgIpc) is 3.88. The summed E-state index contributed by atoms with van der Waals surface area (Å²) >= 11 is 0. The van der Waals surface area contributed by atoms with Gasteiger partial charge in [-0.1, -0.05) is 84.9 Å². The summed E-state index contributed by atoms with van der Waals surface area (Å²) in [6.45, 7) is 5.83. The number of amides is 2. The van der Waals surface area contributed by atoms with Crippen LogP contribution in [0.25, 0.3) is 0 Å². The number of methoxy groups -OCH3 is 1. The van der Waals surface area contributed by atoms with Crippen LogP contribution in [0.15, 0.2) is 114 Å². The number of carbonyl (C=O) groups is 2. The number of hydrazone groups is 1. The van der Waals surface area contributed by atoms with E-state index in [0.717, 1.165) is 22.4 Å². The first-order chi connectivity index (χ1) is 27.5. The van der Waals surface area contributed by atoms with Crippen LogP contribution < -0.4 is 14.6 Å². The highest BCUT2D eigenvalue weighted by Gasteiger charge is 2.66. The molecule has 0 aliphatic carbocycles. The van der Waals surface area contributed by atoms with Crippen LogP contribution in [0, 0.1) is 5.92 Å². The highest BCUT2D eigenvalue weighted by atomic mass is 28.4. The van der Waals surface area contributed by atoms with Gasteiger partial charge in [-0.15, -0.1) is 5.10 Å². The van der Waals surface area contributed by atoms with Crippen LogP contribution in [-0.4, -0.2) is 65.9 Å². The molecule has 11 nitrogen and oxygen atoms in total. The zero-order valence-corrected chi connectivity index (χ0v) is 33.6. The van der Waals surface area contributed by atoms with Crippen LogP contribution in [0.3, 0.4) is 0 Å². The Bertz CT molecular complexity index is 2280. The van der Waals surface area contributed by atoms with Crippen LogP contribution in [-0.2, 0) is 33.0 Å². The maximum atomic E-state index is 16.5. The van der Waals surface area contributed by atoms with Crippen LogP contribution in [0.4, 0.5) is 15.5 Å². The fraction of sp³-hybridized carbons (Fsp3) is 0.341. The number of aliphatic hydroxyl groups excluding tert-OH is 1. The number of aryl methyl sites for hydroxylation is 1. The molecule has 3 aliphatic heterocycles. The molecule has 4 heterocycles. The first kappa shape index (κ1) is 38.4. The zero-order valence-electron chi connectivity index (χ0n) is 32.6. The fourth-order valence-electron chi connectivity index (χ4n) is 8.99. The van der Waals surface area contributed by atoms with Gasteiger partial charge in [0.2, 0.25) is 14.3 Å². The molecule has 1 fully saturated rings. The highest BCUT2D eigenvalue weighted by Crippen LogP contribution is 2.60. The minimum atomic E-state index is -3.42. The van der Waals surface area contributed by atoms with Crippen molar-refractivity contribution in [2.75, 3.05) is 23.6 Å². The van der Waals surface area contributed by atoms with E-state index in [4.69, 9.17) is 14.6 Å². The van der Waals surface area contributed by atoms with E-state index in [0.29, 0.717) is 54.2 Å². The summed E-state index contributed by atoms with van der Waals surface area (Å²) in [6, 6.07) is 32.6. The van der Waals surface area contributed by atoms with Crippen LogP contribution >= 0.6 is 0 Å². The number of benzene rings is 4. The SMILES string of the molecule is COc1ccc2c(c1)[C@]1(O[C@@H](CCn3cc(C(CO)c4ccccc4)nn3)[C@H]([Si](C)(C)F)[C@H]1C)C(=O)N2Cc1ccc(N2N=C(c3ccccc3)CCC2=O)cc1. The van der Waals surface area contributed by atoms with Gasteiger partial charge in [0.05, 0.1) is 55.1 Å². The van der Waals surface area contributed by atoms with Gasteiger partial charge in [-0.25, -0.2) is 5.01 Å². The van der Waals surface area contributed by atoms with E-state index in [-0.39, 0.29) is 30.9 Å². The standard InChI is InChI=1S/C44H47FN6O5Si/c1-29-42(57(3,4)45)40(23-24-49-27-38(46-48-49)35(28-52)31-11-7-5-8-12-31)56-44(29)36-25-34(55-2)19-21-39(36)50(43(44)54)26-30-15-17-33(18-16-30)51-41(53)22-20-37(47-51)32-13-9-6-10-14-32/h5-19,21,25,27,29,35,40,42,52H,20,22-24,26,28H2,1-4H3/t29-,35?,40+,42-,44+/m1/s1. The maximum Gasteiger partial charge on any atom is 0.264 e. The number of nitrogens with zero attached hydrogens (tertiary/aromatic N) is 6. The first-order valence-corrected chi connectivity index (χ1v) is 22.4. The van der Waals surface area contributed by atoms with E-state index in [2.05, 4.69) is 10.3 Å². The molecule has 5 aromatic rings. The summed E-state index contributed by atoms with van der Waals surface area (Å²) in [5, 5.41) is 25.1. The monoisotopic (exact) mass is 786 g/mol. The molecule has 1 spiro atoms. The molecule has 2 amide bonds. The number of rotatable bonds is 12. The topological polar surface area (TPSA) is 122 Å². The van der Waals surface area contributed by atoms with Crippen molar-refractivity contribution in [1.82, 2.24) is 15.0 Å². The highest BCUT2D eigenvalue weighted by molar-refractivity contribution is 6.72. The number of hydrogen-bond donors (Lipinski definition) is 1. The quantitative estimate of drug-likeness (QED) is 0.104. The lowest BCUT2D eigenvalue weighted by Gasteiger charge is -2.31. The maximum absolute atomic E-state index is 16.5. The number of anilines is 2. The molecular formula is C44H47FN6O5Si. The van der Waals surface area contributed by atoms with E-state index >= 15 is 4.11 Å². The first-order valence-electron chi connectivity index (χ1n) is 19.5. The number of fused-ring (bicyclic) bond motifs is 2. The third kappa shape index (κ3) is 7.08. The van der Waals surface area contributed by atoms with Crippen molar-refractivity contribution in [3.05, 3.63) is 137 Å². The summed E-state index contributed by atoms with van der Waals surface area (Å²) in [5.74, 6) is -0.552. The van der Waals surface area contributed by atoms with Crippen molar-refractivity contribution < 1.29 is 28.3 Å². The van der Waals surface area contributed by atoms with Crippen molar-refractivity contribution in [2.45, 2.75) is 75.5 Å². The summed E-state index contributed by atoms with van der Waals surface area (Å²) < 4.78 is 30.9. The lowest BCUT2D eigenvalue weighted by molar-refractivity contribution is -0.146. The predicted molar refractivity (Wildman–Crippen MR) is 218 cm³/mol. The third-order valence-electron chi connectivity index (χ3n) is 11.8. The molecule has 294 valence electrons. The van der Waals surface area contributed by atoms with E-state index in [1.165, 1.54) is 5.01 Å². The molecule has 4 aromatic carbocycles. The molecule has 13 heteroatoms. The second-order valence-electron chi connectivity index (χ2n) is 15.7. The summed E-state index contributed by atoms with van der Waals surface area (Å²) in [6.07, 6.45) is 2.59. The van der Waals surface area contributed by atoms with E-state index in [9.17, 15) is 14.7 Å². The van der Waals surface area contributed by atoms with Gasteiger partial charge < -0.3 is 23.6 Å². The molecule has 0 radical (unpaired) electrons. The molecule has 1 N–H and O–H groups in total. The van der Waals surface area contributed by atoms with Crippen molar-refractivity contribution in [1.29, 1.82) is 0 Å². The Kier molecular flexibility index (Phi) is 10.4. The molecule has 0 bridgehead atoms. The Morgan fingerprint density at radius 3 is 2.39 bits per heavy atom. The number of carbonyl (C=O) groups excluding carboxylic acids is 2. The molecule has 1 aromatic heterocycles. The second-order valence-corrected chi connectivity index (χ2v) is 19.5. The van der Waals surface area contributed by atoms with Gasteiger partial charge in [-0.3, -0.25) is 14.3 Å². The summed E-state index contributed by atoms with van der Waals surface area (Å²) in [4.78, 5) is 29.7. The number of hydrogen-bond acceptors (Lipinski definition) is 8. The molecule has 5 atom stereocenters. The van der Waals surface area contributed by atoms with Gasteiger partial charge in [-0.2, -0.15) is 5.10 Å². The van der Waals surface area contributed by atoms with Gasteiger partial charge in [0.25, 0.3) is 5.91 Å². The second kappa shape index (κ2) is 15.4. The summed E-state index contributed by atoms with van der Waals surface area (Å²) in [7, 11) is -1.84. The van der Waals surface area contributed by atoms with E-state index in [1.807, 2.05) is 116 Å². The normalized spacial score (nSPS) is 22.6. The molecule has 0 saturated carbocycles. The Morgan fingerprint density at radius 1 is 0.982 bits per heavy atom. The molecule has 8 rings (SSSR count). The lowest BCUT2D eigenvalue weighted by Crippen LogP contribution is -2.45. The van der Waals surface area contributed by atoms with Gasteiger partial charge in [0.1, 0.15) is 5.75 Å². The van der Waals surface area contributed by atoms with Gasteiger partial charge in [0.15, 0.2) is 5.60 Å². The number of aliphatic hydroxyl groups is 1. The Labute approximate surface area is 332 Å². The van der Waals surface area contributed by atoms with Crippen molar-refractivity contribution in [3.63, 3.8) is 0 Å². The van der Waals surface area contributed by atoms with Crippen molar-refractivity contribution >= 4 is 37.3 Å². The summed E-state index contributed by atoms with van der Waals surface area (Å²) in [5.41, 5.74) is 4.33. The van der Waals surface area contributed by atoms with Gasteiger partial charge in [0, 0.05) is 42.6 Å². The van der Waals surface area contributed by atoms with Crippen LogP contribution in [0.2, 0.25) is 18.6 Å². The molecule has 1 saturated heterocycles. The van der Waals surface area contributed by atoms with Crippen LogP contribution in [0.1, 0.15) is 60.1 Å². The number of ether oxygens (including phenoxy) is 2. The molecule has 3 aliphatic rings. The third-order valence-corrected chi connectivity index (χ3v) is 14.2. The number of halogens is 1. The minimum absolute atomic E-state index is 0.0800. The number of aromatic nitrogens is 3. The van der Waals surface area contributed by atoms with Crippen molar-refractivity contribution in [3.8, 4) is 5.75 Å². The largest absolute Gasteiger partial charge is 0.497 e. The molecule has 1 unspecified atom stereocenters. The molecule has 57 heavy (non-hydrogen) atoms. The minimum Gasteiger partial charge on any atom is -0.497 e. The van der Waals surface area contributed by atoms with Gasteiger partial charge in [-0.05, 0) is 66.5 Å². The zero-order chi connectivity index (χ0) is 39.9. The fourth-order valence-corrected chi connectivity index (χ4v) is 11.5. The van der Waals surface area contributed by atoms with Crippen molar-refractivity contribution in [2.24, 2.45) is 11.0 Å². The van der Waals surface area contributed by atoms with E-state index < -0.39 is 31.6 Å². The Balaban J connectivity index is 1.06. The van der Waals surface area contributed by atoms with Gasteiger partial charge >= 0.3 is 0 Å². The smallest absolute Gasteiger partial charge is 0.264 e. The predicted octanol–water partition coefficient (Wildman–Crippen LogP) is 7.35. The molecular weight excluding hydrogens is 740 g/mol. The van der Waals surface area contributed by atoms with E-state index in [1.54, 1.807) is 29.8 Å². The average molecular weight is 787 g/mol. The van der Waals surface area contributed by atoms with Crippen LogP contribution in [0.5, 0.6) is 5.75 Å². The lowest BCUT2D eigenvalue weighted by atomic mass is 9.82. The Hall–Kier alpha value is -5.50.